The van der Waals surface area contributed by atoms with Crippen LogP contribution in [0.1, 0.15) is 16.7 Å². The summed E-state index contributed by atoms with van der Waals surface area (Å²) in [7, 11) is 0. The molecule has 96 valence electrons. The summed E-state index contributed by atoms with van der Waals surface area (Å²) in [6.45, 7) is 3.34. The summed E-state index contributed by atoms with van der Waals surface area (Å²) < 4.78 is 27.4. The molecule has 0 radical (unpaired) electrons. The molecule has 2 rings (SSSR count). The van der Waals surface area contributed by atoms with Crippen molar-refractivity contribution >= 4 is 11.4 Å². The van der Waals surface area contributed by atoms with Gasteiger partial charge in [-0.05, 0) is 49.2 Å². The molecular weight excluding hydrogens is 246 g/mol. The fraction of sp³-hybridized carbons (Fsp3) is 0.133. The minimum atomic E-state index is -0.648. The average molecular weight is 258 g/mol. The first-order valence-electron chi connectivity index (χ1n) is 5.75. The number of halogens is 2. The Morgan fingerprint density at radius 3 is 2.42 bits per heavy atom. The smallest absolute Gasteiger partial charge is 0.152 e. The largest absolute Gasteiger partial charge is 0.351 e. The lowest BCUT2D eigenvalue weighted by Crippen LogP contribution is -2.00. The number of nitrogens with zero attached hydrogens (tertiary/aromatic N) is 1. The first kappa shape index (κ1) is 13.0. The van der Waals surface area contributed by atoms with E-state index in [9.17, 15) is 8.78 Å². The summed E-state index contributed by atoms with van der Waals surface area (Å²) in [6.07, 6.45) is 0. The van der Waals surface area contributed by atoms with Crippen molar-refractivity contribution in [3.8, 4) is 6.07 Å². The number of nitriles is 1. The molecule has 0 saturated heterocycles. The zero-order valence-electron chi connectivity index (χ0n) is 10.6. The SMILES string of the molecule is Cc1cc(Nc2c(F)ccc(C)c2F)ccc1C#N. The predicted octanol–water partition coefficient (Wildman–Crippen LogP) is 4.20. The third-order valence-corrected chi connectivity index (χ3v) is 2.90. The third kappa shape index (κ3) is 2.55. The highest BCUT2D eigenvalue weighted by atomic mass is 19.1. The molecule has 0 fully saturated rings. The van der Waals surface area contributed by atoms with E-state index < -0.39 is 11.6 Å². The zero-order valence-corrected chi connectivity index (χ0v) is 10.6. The van der Waals surface area contributed by atoms with Gasteiger partial charge in [-0.3, -0.25) is 0 Å². The number of nitrogens with one attached hydrogen (secondary N) is 1. The van der Waals surface area contributed by atoms with Crippen molar-refractivity contribution in [2.24, 2.45) is 0 Å². The van der Waals surface area contributed by atoms with Gasteiger partial charge in [0.05, 0.1) is 11.6 Å². The lowest BCUT2D eigenvalue weighted by molar-refractivity contribution is 0.585. The molecule has 2 nitrogen and oxygen atoms in total. The number of benzene rings is 2. The van der Waals surface area contributed by atoms with E-state index in [2.05, 4.69) is 5.32 Å². The molecule has 0 spiro atoms. The van der Waals surface area contributed by atoms with Crippen molar-refractivity contribution in [2.45, 2.75) is 13.8 Å². The summed E-state index contributed by atoms with van der Waals surface area (Å²) in [5.74, 6) is -1.26. The highest BCUT2D eigenvalue weighted by molar-refractivity contribution is 5.63. The standard InChI is InChI=1S/C15H12F2N2/c1-9-3-6-13(16)15(14(9)17)19-12-5-4-11(8-18)10(2)7-12/h3-7,19H,1-2H3. The highest BCUT2D eigenvalue weighted by Gasteiger charge is 2.11. The zero-order chi connectivity index (χ0) is 14.0. The van der Waals surface area contributed by atoms with Gasteiger partial charge in [0.2, 0.25) is 0 Å². The van der Waals surface area contributed by atoms with E-state index in [-0.39, 0.29) is 5.69 Å². The molecule has 0 aromatic heterocycles. The van der Waals surface area contributed by atoms with Gasteiger partial charge in [0.1, 0.15) is 11.5 Å². The van der Waals surface area contributed by atoms with Crippen molar-refractivity contribution in [1.82, 2.24) is 0 Å². The number of hydrogen-bond acceptors (Lipinski definition) is 2. The molecule has 0 aliphatic heterocycles. The molecule has 0 amide bonds. The second kappa shape index (κ2) is 5.07. The van der Waals surface area contributed by atoms with Crippen LogP contribution >= 0.6 is 0 Å². The Morgan fingerprint density at radius 1 is 1.05 bits per heavy atom. The maximum atomic E-state index is 13.8. The number of hydrogen-bond donors (Lipinski definition) is 1. The van der Waals surface area contributed by atoms with Crippen molar-refractivity contribution in [2.75, 3.05) is 5.32 Å². The van der Waals surface area contributed by atoms with Crippen LogP contribution in [0.4, 0.5) is 20.2 Å². The molecule has 2 aromatic rings. The Kier molecular flexibility index (Phi) is 3.48. The van der Waals surface area contributed by atoms with Crippen LogP contribution in [0.25, 0.3) is 0 Å². The topological polar surface area (TPSA) is 35.8 Å². The lowest BCUT2D eigenvalue weighted by atomic mass is 10.1. The van der Waals surface area contributed by atoms with E-state index in [1.165, 1.54) is 12.1 Å². The molecule has 19 heavy (non-hydrogen) atoms. The van der Waals surface area contributed by atoms with Gasteiger partial charge >= 0.3 is 0 Å². The molecule has 0 aliphatic rings. The van der Waals surface area contributed by atoms with Crippen LogP contribution in [0.5, 0.6) is 0 Å². The van der Waals surface area contributed by atoms with E-state index in [0.717, 1.165) is 5.56 Å². The minimum absolute atomic E-state index is 0.177. The van der Waals surface area contributed by atoms with Gasteiger partial charge in [-0.15, -0.1) is 0 Å². The summed E-state index contributed by atoms with van der Waals surface area (Å²) in [5.41, 5.74) is 2.02. The summed E-state index contributed by atoms with van der Waals surface area (Å²) in [6, 6.07) is 9.56. The van der Waals surface area contributed by atoms with E-state index in [0.29, 0.717) is 16.8 Å². The molecule has 0 atom stereocenters. The average Bonchev–Trinajstić information content (AvgIpc) is 2.39. The van der Waals surface area contributed by atoms with Crippen LogP contribution in [0, 0.1) is 36.8 Å². The number of anilines is 2. The Labute approximate surface area is 110 Å². The Balaban J connectivity index is 2.40. The van der Waals surface area contributed by atoms with Crippen molar-refractivity contribution in [3.63, 3.8) is 0 Å². The van der Waals surface area contributed by atoms with E-state index in [4.69, 9.17) is 5.26 Å². The van der Waals surface area contributed by atoms with Gasteiger partial charge in [-0.2, -0.15) is 5.26 Å². The highest BCUT2D eigenvalue weighted by Crippen LogP contribution is 2.26. The molecule has 2 aromatic carbocycles. The van der Waals surface area contributed by atoms with Gasteiger partial charge < -0.3 is 5.32 Å². The van der Waals surface area contributed by atoms with Crippen LogP contribution < -0.4 is 5.32 Å². The van der Waals surface area contributed by atoms with Crippen molar-refractivity contribution < 1.29 is 8.78 Å². The van der Waals surface area contributed by atoms with Crippen molar-refractivity contribution in [3.05, 3.63) is 58.7 Å². The number of aryl methyl sites for hydroxylation is 2. The monoisotopic (exact) mass is 258 g/mol. The molecule has 0 bridgehead atoms. The van der Waals surface area contributed by atoms with Crippen LogP contribution in [-0.2, 0) is 0 Å². The Bertz CT molecular complexity index is 673. The van der Waals surface area contributed by atoms with Crippen LogP contribution in [0.3, 0.4) is 0 Å². The molecular formula is C15H12F2N2. The Morgan fingerprint density at radius 2 is 1.79 bits per heavy atom. The summed E-state index contributed by atoms with van der Waals surface area (Å²) in [5, 5.41) is 11.5. The second-order valence-corrected chi connectivity index (χ2v) is 4.32. The van der Waals surface area contributed by atoms with Gasteiger partial charge in [0.25, 0.3) is 0 Å². The first-order chi connectivity index (χ1) is 9.02. The molecule has 0 saturated carbocycles. The summed E-state index contributed by atoms with van der Waals surface area (Å²) >= 11 is 0. The van der Waals surface area contributed by atoms with Gasteiger partial charge in [0.15, 0.2) is 5.82 Å². The van der Waals surface area contributed by atoms with Crippen LogP contribution in [0.2, 0.25) is 0 Å². The quantitative estimate of drug-likeness (QED) is 0.876. The molecule has 4 heteroatoms. The molecule has 0 heterocycles. The molecule has 0 unspecified atom stereocenters. The maximum absolute atomic E-state index is 13.8. The lowest BCUT2D eigenvalue weighted by Gasteiger charge is -2.11. The third-order valence-electron chi connectivity index (χ3n) is 2.90. The van der Waals surface area contributed by atoms with E-state index >= 15 is 0 Å². The van der Waals surface area contributed by atoms with Gasteiger partial charge in [-0.1, -0.05) is 6.07 Å². The minimum Gasteiger partial charge on any atom is -0.351 e. The second-order valence-electron chi connectivity index (χ2n) is 4.32. The van der Waals surface area contributed by atoms with Gasteiger partial charge in [0, 0.05) is 5.69 Å². The number of rotatable bonds is 2. The molecule has 1 N–H and O–H groups in total. The summed E-state index contributed by atoms with van der Waals surface area (Å²) in [4.78, 5) is 0. The predicted molar refractivity (Wildman–Crippen MR) is 70.3 cm³/mol. The maximum Gasteiger partial charge on any atom is 0.152 e. The van der Waals surface area contributed by atoms with E-state index in [1.807, 2.05) is 6.07 Å². The fourth-order valence-electron chi connectivity index (χ4n) is 1.78. The first-order valence-corrected chi connectivity index (χ1v) is 5.75. The fourth-order valence-corrected chi connectivity index (χ4v) is 1.78. The van der Waals surface area contributed by atoms with Gasteiger partial charge in [-0.25, -0.2) is 8.78 Å². The van der Waals surface area contributed by atoms with Crippen LogP contribution in [-0.4, -0.2) is 0 Å². The van der Waals surface area contributed by atoms with Crippen LogP contribution in [0.15, 0.2) is 30.3 Å². The Hall–Kier alpha value is -2.41. The van der Waals surface area contributed by atoms with Crippen molar-refractivity contribution in [1.29, 1.82) is 5.26 Å². The normalized spacial score (nSPS) is 10.1. The van der Waals surface area contributed by atoms with E-state index in [1.54, 1.807) is 32.0 Å². The molecule has 0 aliphatic carbocycles.